The molecular weight excluding hydrogens is 603 g/mol. The molecule has 0 spiro atoms. The molecule has 1 aromatic heterocycles. The van der Waals surface area contributed by atoms with E-state index >= 15 is 0 Å². The fourth-order valence-corrected chi connectivity index (χ4v) is 4.98. The summed E-state index contributed by atoms with van der Waals surface area (Å²) in [5, 5.41) is 9.04. The number of aromatic nitrogens is 3. The summed E-state index contributed by atoms with van der Waals surface area (Å²) in [5.41, 5.74) is 5.29. The Bertz CT molecular complexity index is 1670. The molecule has 1 N–H and O–H groups in total. The number of ether oxygens (including phenoxy) is 2. The van der Waals surface area contributed by atoms with E-state index in [1.54, 1.807) is 42.6 Å². The van der Waals surface area contributed by atoms with Crippen molar-refractivity contribution in [2.45, 2.75) is 13.3 Å². The SMILES string of the molecule is CCOc1ccccc1N1C(=O)CS/C1=N\C(=S)N/N=C/c1ccc(-c2ncn(-c3ccc(OC(F)(F)F)cc3)n2)cc1. The van der Waals surface area contributed by atoms with E-state index in [2.05, 4.69) is 30.3 Å². The first-order valence-corrected chi connectivity index (χ1v) is 14.1. The third-order valence-electron chi connectivity index (χ3n) is 5.74. The van der Waals surface area contributed by atoms with Crippen LogP contribution in [0, 0.1) is 0 Å². The molecule has 4 aromatic rings. The molecule has 1 amide bonds. The highest BCUT2D eigenvalue weighted by Gasteiger charge is 2.32. The summed E-state index contributed by atoms with van der Waals surface area (Å²) < 4.78 is 48.2. The average molecular weight is 626 g/mol. The van der Waals surface area contributed by atoms with Crippen LogP contribution in [0.1, 0.15) is 12.5 Å². The average Bonchev–Trinajstić information content (AvgIpc) is 3.61. The number of amidine groups is 1. The second kappa shape index (κ2) is 13.0. The molecule has 15 heteroatoms. The van der Waals surface area contributed by atoms with Crippen LogP contribution in [0.5, 0.6) is 11.5 Å². The number of amides is 1. The van der Waals surface area contributed by atoms with Crippen molar-refractivity contribution in [1.82, 2.24) is 20.2 Å². The monoisotopic (exact) mass is 625 g/mol. The van der Waals surface area contributed by atoms with Gasteiger partial charge in [-0.25, -0.2) is 9.67 Å². The maximum atomic E-state index is 12.6. The molecular formula is C28H22F3N7O3S2. The zero-order chi connectivity index (χ0) is 30.4. The van der Waals surface area contributed by atoms with Crippen LogP contribution in [-0.2, 0) is 4.79 Å². The van der Waals surface area contributed by atoms with Gasteiger partial charge in [0, 0.05) is 5.56 Å². The number of nitrogens with one attached hydrogen (secondary N) is 1. The van der Waals surface area contributed by atoms with Crippen LogP contribution >= 0.6 is 24.0 Å². The zero-order valence-corrected chi connectivity index (χ0v) is 24.0. The van der Waals surface area contributed by atoms with E-state index in [1.807, 2.05) is 19.1 Å². The number of alkyl halides is 3. The Morgan fingerprint density at radius 3 is 2.58 bits per heavy atom. The van der Waals surface area contributed by atoms with Gasteiger partial charge in [0.15, 0.2) is 11.0 Å². The smallest absolute Gasteiger partial charge is 0.492 e. The van der Waals surface area contributed by atoms with E-state index in [0.717, 1.165) is 11.1 Å². The second-order valence-corrected chi connectivity index (χ2v) is 9.99. The lowest BCUT2D eigenvalue weighted by molar-refractivity contribution is -0.274. The molecule has 1 aliphatic rings. The first-order valence-electron chi connectivity index (χ1n) is 12.7. The minimum atomic E-state index is -4.76. The number of thiocarbonyl (C=S) groups is 1. The minimum Gasteiger partial charge on any atom is -0.492 e. The third kappa shape index (κ3) is 7.55. The fraction of sp³-hybridized carbons (Fsp3) is 0.143. The van der Waals surface area contributed by atoms with Gasteiger partial charge in [0.25, 0.3) is 0 Å². The van der Waals surface area contributed by atoms with Gasteiger partial charge in [-0.2, -0.15) is 10.1 Å². The number of anilines is 1. The Hall–Kier alpha value is -4.76. The van der Waals surface area contributed by atoms with Gasteiger partial charge in [-0.05, 0) is 61.1 Å². The highest BCUT2D eigenvalue weighted by Crippen LogP contribution is 2.34. The predicted octanol–water partition coefficient (Wildman–Crippen LogP) is 5.58. The van der Waals surface area contributed by atoms with Crippen molar-refractivity contribution >= 4 is 52.1 Å². The summed E-state index contributed by atoms with van der Waals surface area (Å²) in [6, 6.07) is 19.7. The van der Waals surface area contributed by atoms with Gasteiger partial charge >= 0.3 is 6.36 Å². The van der Waals surface area contributed by atoms with Crippen molar-refractivity contribution in [2.24, 2.45) is 10.1 Å². The number of carbonyl (C=O) groups excluding carboxylic acids is 1. The Kier molecular flexibility index (Phi) is 9.01. The van der Waals surface area contributed by atoms with E-state index in [0.29, 0.717) is 34.7 Å². The van der Waals surface area contributed by atoms with Gasteiger partial charge < -0.3 is 9.47 Å². The van der Waals surface area contributed by atoms with Crippen LogP contribution in [0.3, 0.4) is 0 Å². The number of hydrazone groups is 1. The van der Waals surface area contributed by atoms with E-state index in [9.17, 15) is 18.0 Å². The molecule has 0 radical (unpaired) electrons. The summed E-state index contributed by atoms with van der Waals surface area (Å²) >= 11 is 6.59. The topological polar surface area (TPSA) is 106 Å². The Morgan fingerprint density at radius 2 is 1.86 bits per heavy atom. The van der Waals surface area contributed by atoms with Crippen molar-refractivity contribution in [3.05, 3.63) is 84.7 Å². The van der Waals surface area contributed by atoms with Crippen molar-refractivity contribution in [1.29, 1.82) is 0 Å². The molecule has 1 fully saturated rings. The molecule has 1 aliphatic heterocycles. The highest BCUT2D eigenvalue weighted by molar-refractivity contribution is 8.15. The fourth-order valence-electron chi connectivity index (χ4n) is 3.91. The van der Waals surface area contributed by atoms with E-state index < -0.39 is 6.36 Å². The van der Waals surface area contributed by atoms with Gasteiger partial charge in [-0.15, -0.1) is 18.3 Å². The molecule has 0 unspecified atom stereocenters. The van der Waals surface area contributed by atoms with Crippen molar-refractivity contribution in [2.75, 3.05) is 17.3 Å². The predicted molar refractivity (Wildman–Crippen MR) is 162 cm³/mol. The molecule has 0 aliphatic carbocycles. The second-order valence-electron chi connectivity index (χ2n) is 8.66. The van der Waals surface area contributed by atoms with Gasteiger partial charge in [-0.1, -0.05) is 48.2 Å². The molecule has 0 atom stereocenters. The molecule has 2 heterocycles. The molecule has 43 heavy (non-hydrogen) atoms. The maximum Gasteiger partial charge on any atom is 0.573 e. The molecule has 10 nitrogen and oxygen atoms in total. The number of thioether (sulfide) groups is 1. The number of para-hydroxylation sites is 2. The molecule has 0 saturated carbocycles. The minimum absolute atomic E-state index is 0.0803. The lowest BCUT2D eigenvalue weighted by atomic mass is 10.1. The molecule has 3 aromatic carbocycles. The third-order valence-corrected chi connectivity index (χ3v) is 6.84. The number of halogens is 3. The quantitative estimate of drug-likeness (QED) is 0.154. The molecule has 1 saturated heterocycles. The van der Waals surface area contributed by atoms with Crippen LogP contribution in [0.15, 0.2) is 89.2 Å². The first kappa shape index (κ1) is 29.7. The van der Waals surface area contributed by atoms with Crippen LogP contribution in [0.25, 0.3) is 17.1 Å². The van der Waals surface area contributed by atoms with Crippen LogP contribution in [0.4, 0.5) is 18.9 Å². The van der Waals surface area contributed by atoms with Gasteiger partial charge in [-0.3, -0.25) is 15.1 Å². The van der Waals surface area contributed by atoms with Crippen LogP contribution in [0.2, 0.25) is 0 Å². The maximum absolute atomic E-state index is 12.6. The number of carbonyl (C=O) groups is 1. The molecule has 0 bridgehead atoms. The van der Waals surface area contributed by atoms with Gasteiger partial charge in [0.1, 0.15) is 17.8 Å². The number of hydrogen-bond donors (Lipinski definition) is 1. The van der Waals surface area contributed by atoms with Crippen LogP contribution in [-0.4, -0.2) is 55.9 Å². The summed E-state index contributed by atoms with van der Waals surface area (Å²) in [6.45, 7) is 2.32. The number of rotatable bonds is 8. The summed E-state index contributed by atoms with van der Waals surface area (Å²) in [4.78, 5) is 22.8. The zero-order valence-electron chi connectivity index (χ0n) is 22.4. The Balaban J connectivity index is 1.20. The highest BCUT2D eigenvalue weighted by atomic mass is 32.2. The largest absolute Gasteiger partial charge is 0.573 e. The van der Waals surface area contributed by atoms with Crippen LogP contribution < -0.4 is 19.8 Å². The van der Waals surface area contributed by atoms with E-state index in [-0.39, 0.29) is 22.5 Å². The number of hydrogen-bond acceptors (Lipinski definition) is 8. The lowest BCUT2D eigenvalue weighted by Gasteiger charge is -2.19. The van der Waals surface area contributed by atoms with E-state index in [4.69, 9.17) is 17.0 Å². The first-order chi connectivity index (χ1) is 20.7. The van der Waals surface area contributed by atoms with Crippen molar-refractivity contribution < 1.29 is 27.4 Å². The Labute approximate surface area is 253 Å². The number of benzene rings is 3. The van der Waals surface area contributed by atoms with Gasteiger partial charge in [0.2, 0.25) is 11.0 Å². The molecule has 5 rings (SSSR count). The van der Waals surface area contributed by atoms with Crippen molar-refractivity contribution in [3.8, 4) is 28.6 Å². The number of aliphatic imine (C=N–C) groups is 1. The number of nitrogens with zero attached hydrogens (tertiary/aromatic N) is 6. The van der Waals surface area contributed by atoms with Crippen molar-refractivity contribution in [3.63, 3.8) is 0 Å². The summed E-state index contributed by atoms with van der Waals surface area (Å²) in [6.07, 6.45) is -1.74. The molecule has 220 valence electrons. The lowest BCUT2D eigenvalue weighted by Crippen LogP contribution is -2.31. The normalized spacial score (nSPS) is 14.5. The summed E-state index contributed by atoms with van der Waals surface area (Å²) in [5.74, 6) is 0.774. The Morgan fingerprint density at radius 1 is 1.12 bits per heavy atom. The van der Waals surface area contributed by atoms with Gasteiger partial charge in [0.05, 0.1) is 29.9 Å². The van der Waals surface area contributed by atoms with E-state index in [1.165, 1.54) is 51.9 Å². The standard InChI is InChI=1S/C28H22F3N7O3S2/c1-2-40-23-6-4-3-5-22(23)38-24(39)16-43-27(38)34-26(42)35-33-15-18-7-9-19(10-8-18)25-32-17-37(36-25)20-11-13-21(14-12-20)41-28(29,30)31/h3-15,17H,2,16H2,1H3,(H,35,42)/b33-15+,34-27-. The summed E-state index contributed by atoms with van der Waals surface area (Å²) in [7, 11) is 0.